The molecule has 1 aliphatic heterocycles. The molecule has 1 aromatic heterocycles. The van der Waals surface area contributed by atoms with Gasteiger partial charge in [0.05, 0.1) is 13.1 Å². The van der Waals surface area contributed by atoms with Crippen molar-refractivity contribution in [3.63, 3.8) is 0 Å². The zero-order valence-corrected chi connectivity index (χ0v) is 14.2. The molecular weight excluding hydrogens is 260 g/mol. The number of nitrogens with one attached hydrogen (secondary N) is 1. The number of furan rings is 1. The minimum Gasteiger partial charge on any atom is -0.463 e. The minimum absolute atomic E-state index is 0.497. The summed E-state index contributed by atoms with van der Waals surface area (Å²) in [6.07, 6.45) is 4.04. The molecule has 3 heteroatoms. The lowest BCUT2D eigenvalue weighted by Crippen LogP contribution is -2.24. The second-order valence-corrected chi connectivity index (χ2v) is 7.11. The molecule has 2 rings (SSSR count). The highest BCUT2D eigenvalue weighted by Gasteiger charge is 2.20. The van der Waals surface area contributed by atoms with E-state index in [1.807, 2.05) is 0 Å². The van der Waals surface area contributed by atoms with E-state index in [4.69, 9.17) is 4.42 Å². The summed E-state index contributed by atoms with van der Waals surface area (Å²) in [5, 5.41) is 3.40. The minimum atomic E-state index is 0.497. The van der Waals surface area contributed by atoms with Crippen LogP contribution in [-0.2, 0) is 13.1 Å². The zero-order chi connectivity index (χ0) is 15.2. The van der Waals surface area contributed by atoms with Gasteiger partial charge in [0, 0.05) is 6.04 Å². The summed E-state index contributed by atoms with van der Waals surface area (Å²) in [6, 6.07) is 4.75. The molecule has 0 aliphatic carbocycles. The first kappa shape index (κ1) is 16.6. The monoisotopic (exact) mass is 292 g/mol. The molecule has 0 spiro atoms. The molecule has 1 saturated heterocycles. The van der Waals surface area contributed by atoms with E-state index < -0.39 is 0 Å². The van der Waals surface area contributed by atoms with Crippen LogP contribution in [0.3, 0.4) is 0 Å². The highest BCUT2D eigenvalue weighted by Crippen LogP contribution is 2.25. The van der Waals surface area contributed by atoms with Crippen LogP contribution in [0.4, 0.5) is 0 Å². The van der Waals surface area contributed by atoms with E-state index in [-0.39, 0.29) is 0 Å². The van der Waals surface area contributed by atoms with Gasteiger partial charge in [0.15, 0.2) is 0 Å². The third-order valence-corrected chi connectivity index (χ3v) is 4.59. The van der Waals surface area contributed by atoms with Gasteiger partial charge in [0.1, 0.15) is 11.5 Å². The van der Waals surface area contributed by atoms with E-state index >= 15 is 0 Å². The SMILES string of the molecule is CC(C)NCc1ccc(CN2CCCC(C(C)C)CC2)o1. The largest absolute Gasteiger partial charge is 0.463 e. The van der Waals surface area contributed by atoms with Crippen molar-refractivity contribution in [2.75, 3.05) is 13.1 Å². The molecule has 21 heavy (non-hydrogen) atoms. The van der Waals surface area contributed by atoms with Crippen molar-refractivity contribution < 1.29 is 4.42 Å². The average molecular weight is 292 g/mol. The normalized spacial score (nSPS) is 21.1. The van der Waals surface area contributed by atoms with Crippen molar-refractivity contribution >= 4 is 0 Å². The predicted octanol–water partition coefficient (Wildman–Crippen LogP) is 4.04. The Morgan fingerprint density at radius 2 is 1.90 bits per heavy atom. The first-order valence-electron chi connectivity index (χ1n) is 8.58. The van der Waals surface area contributed by atoms with Crippen molar-refractivity contribution in [3.8, 4) is 0 Å². The maximum atomic E-state index is 5.95. The van der Waals surface area contributed by atoms with Gasteiger partial charge in [-0.1, -0.05) is 27.7 Å². The maximum absolute atomic E-state index is 5.95. The molecule has 0 radical (unpaired) electrons. The molecule has 0 bridgehead atoms. The summed E-state index contributed by atoms with van der Waals surface area (Å²) in [6.45, 7) is 13.3. The fourth-order valence-electron chi connectivity index (χ4n) is 3.13. The van der Waals surface area contributed by atoms with Crippen molar-refractivity contribution in [3.05, 3.63) is 23.7 Å². The summed E-state index contributed by atoms with van der Waals surface area (Å²) in [5.41, 5.74) is 0. The molecule has 1 N–H and O–H groups in total. The van der Waals surface area contributed by atoms with Crippen LogP contribution in [-0.4, -0.2) is 24.0 Å². The van der Waals surface area contributed by atoms with Crippen LogP contribution >= 0.6 is 0 Å². The Hall–Kier alpha value is -0.800. The lowest BCUT2D eigenvalue weighted by Gasteiger charge is -2.20. The molecule has 0 saturated carbocycles. The molecule has 2 heterocycles. The molecule has 0 aromatic carbocycles. The van der Waals surface area contributed by atoms with Crippen molar-refractivity contribution in [1.29, 1.82) is 0 Å². The van der Waals surface area contributed by atoms with Crippen molar-refractivity contribution in [1.82, 2.24) is 10.2 Å². The van der Waals surface area contributed by atoms with Crippen LogP contribution in [0.5, 0.6) is 0 Å². The van der Waals surface area contributed by atoms with Gasteiger partial charge in [-0.25, -0.2) is 0 Å². The average Bonchev–Trinajstić information content (AvgIpc) is 2.73. The first-order chi connectivity index (χ1) is 10.0. The van der Waals surface area contributed by atoms with Gasteiger partial charge in [-0.05, 0) is 56.3 Å². The van der Waals surface area contributed by atoms with Gasteiger partial charge in [-0.15, -0.1) is 0 Å². The Morgan fingerprint density at radius 1 is 1.14 bits per heavy atom. The van der Waals surface area contributed by atoms with Gasteiger partial charge in [0.2, 0.25) is 0 Å². The number of hydrogen-bond acceptors (Lipinski definition) is 3. The smallest absolute Gasteiger partial charge is 0.118 e. The summed E-state index contributed by atoms with van der Waals surface area (Å²) in [7, 11) is 0. The van der Waals surface area contributed by atoms with Gasteiger partial charge >= 0.3 is 0 Å². The maximum Gasteiger partial charge on any atom is 0.118 e. The topological polar surface area (TPSA) is 28.4 Å². The van der Waals surface area contributed by atoms with E-state index in [1.165, 1.54) is 32.4 Å². The second-order valence-electron chi connectivity index (χ2n) is 7.11. The fourth-order valence-corrected chi connectivity index (χ4v) is 3.13. The van der Waals surface area contributed by atoms with Crippen molar-refractivity contribution in [2.45, 2.75) is 66.1 Å². The highest BCUT2D eigenvalue weighted by atomic mass is 16.3. The third-order valence-electron chi connectivity index (χ3n) is 4.59. The summed E-state index contributed by atoms with van der Waals surface area (Å²) in [4.78, 5) is 2.56. The molecule has 1 aromatic rings. The molecule has 3 nitrogen and oxygen atoms in total. The Balaban J connectivity index is 1.81. The van der Waals surface area contributed by atoms with Gasteiger partial charge in [-0.3, -0.25) is 4.90 Å². The van der Waals surface area contributed by atoms with Crippen LogP contribution in [0.25, 0.3) is 0 Å². The highest BCUT2D eigenvalue weighted by molar-refractivity contribution is 5.07. The number of likely N-dealkylation sites (tertiary alicyclic amines) is 1. The quantitative estimate of drug-likeness (QED) is 0.858. The molecule has 120 valence electrons. The number of nitrogens with zero attached hydrogens (tertiary/aromatic N) is 1. The summed E-state index contributed by atoms with van der Waals surface area (Å²) in [5.74, 6) is 3.88. The van der Waals surface area contributed by atoms with Crippen LogP contribution in [0.1, 0.15) is 58.5 Å². The lowest BCUT2D eigenvalue weighted by molar-refractivity contribution is 0.241. The molecular formula is C18H32N2O. The molecule has 1 unspecified atom stereocenters. The van der Waals surface area contributed by atoms with E-state index in [0.29, 0.717) is 6.04 Å². The van der Waals surface area contributed by atoms with Gasteiger partial charge in [-0.2, -0.15) is 0 Å². The van der Waals surface area contributed by atoms with Gasteiger partial charge < -0.3 is 9.73 Å². The molecule has 0 amide bonds. The Morgan fingerprint density at radius 3 is 2.62 bits per heavy atom. The lowest BCUT2D eigenvalue weighted by atomic mass is 9.89. The Kier molecular flexibility index (Phi) is 6.31. The van der Waals surface area contributed by atoms with E-state index in [2.05, 4.69) is 50.0 Å². The number of rotatable bonds is 6. The van der Waals surface area contributed by atoms with Crippen molar-refractivity contribution in [2.24, 2.45) is 11.8 Å². The molecule has 1 atom stereocenters. The van der Waals surface area contributed by atoms with Crippen LogP contribution in [0.2, 0.25) is 0 Å². The predicted molar refractivity (Wildman–Crippen MR) is 88.1 cm³/mol. The Labute approximate surface area is 130 Å². The van der Waals surface area contributed by atoms with Crippen LogP contribution in [0.15, 0.2) is 16.5 Å². The van der Waals surface area contributed by atoms with E-state index in [1.54, 1.807) is 0 Å². The number of hydrogen-bond donors (Lipinski definition) is 1. The second kappa shape index (κ2) is 8.00. The first-order valence-corrected chi connectivity index (χ1v) is 8.58. The standard InChI is InChI=1S/C18H32N2O/c1-14(2)16-6-5-10-20(11-9-16)13-18-8-7-17(21-18)12-19-15(3)4/h7-8,14-16,19H,5-6,9-13H2,1-4H3. The van der Waals surface area contributed by atoms with E-state index in [0.717, 1.165) is 36.4 Å². The summed E-state index contributed by atoms with van der Waals surface area (Å²) < 4.78 is 5.95. The van der Waals surface area contributed by atoms with E-state index in [9.17, 15) is 0 Å². The van der Waals surface area contributed by atoms with Crippen LogP contribution in [0, 0.1) is 11.8 Å². The Bertz CT molecular complexity index is 411. The molecule has 1 fully saturated rings. The third kappa shape index (κ3) is 5.48. The fraction of sp³-hybridized carbons (Fsp3) is 0.778. The van der Waals surface area contributed by atoms with Gasteiger partial charge in [0.25, 0.3) is 0 Å². The molecule has 1 aliphatic rings. The zero-order valence-electron chi connectivity index (χ0n) is 14.2. The summed E-state index contributed by atoms with van der Waals surface area (Å²) >= 11 is 0. The van der Waals surface area contributed by atoms with Crippen LogP contribution < -0.4 is 5.32 Å².